The first kappa shape index (κ1) is 15.0. The van der Waals surface area contributed by atoms with Crippen LogP contribution in [0.4, 0.5) is 0 Å². The first-order chi connectivity index (χ1) is 7.62. The van der Waals surface area contributed by atoms with Crippen molar-refractivity contribution in [3.63, 3.8) is 0 Å². The van der Waals surface area contributed by atoms with E-state index in [0.29, 0.717) is 22.8 Å². The van der Waals surface area contributed by atoms with E-state index in [1.165, 1.54) is 19.3 Å². The highest BCUT2D eigenvalue weighted by Gasteiger charge is 2.36. The third-order valence-electron chi connectivity index (χ3n) is 4.10. The van der Waals surface area contributed by atoms with Gasteiger partial charge in [0.15, 0.2) is 0 Å². The van der Waals surface area contributed by atoms with Crippen LogP contribution >= 0.6 is 0 Å². The van der Waals surface area contributed by atoms with Crippen molar-refractivity contribution in [1.29, 1.82) is 0 Å². The van der Waals surface area contributed by atoms with Crippen molar-refractivity contribution in [2.45, 2.75) is 59.9 Å². The minimum atomic E-state index is 0.325. The van der Waals surface area contributed by atoms with Gasteiger partial charge in [0, 0.05) is 19.1 Å². The monoisotopic (exact) mass is 240 g/mol. The SMILES string of the molecule is CN(CC1CCCC(C)(C)C1N)CC(C)(C)C. The minimum Gasteiger partial charge on any atom is -0.327 e. The van der Waals surface area contributed by atoms with Crippen LogP contribution in [0.3, 0.4) is 0 Å². The minimum absolute atomic E-state index is 0.325. The molecule has 1 fully saturated rings. The average molecular weight is 240 g/mol. The van der Waals surface area contributed by atoms with Crippen molar-refractivity contribution in [3.8, 4) is 0 Å². The van der Waals surface area contributed by atoms with Gasteiger partial charge >= 0.3 is 0 Å². The molecule has 17 heavy (non-hydrogen) atoms. The molecular weight excluding hydrogens is 208 g/mol. The molecule has 1 saturated carbocycles. The molecule has 2 atom stereocenters. The lowest BCUT2D eigenvalue weighted by molar-refractivity contribution is 0.0992. The van der Waals surface area contributed by atoms with E-state index >= 15 is 0 Å². The Kier molecular flexibility index (Phi) is 4.65. The van der Waals surface area contributed by atoms with Crippen molar-refractivity contribution in [2.24, 2.45) is 22.5 Å². The summed E-state index contributed by atoms with van der Waals surface area (Å²) in [7, 11) is 2.24. The number of rotatable bonds is 3. The Balaban J connectivity index is 2.51. The number of nitrogens with two attached hydrogens (primary N) is 1. The van der Waals surface area contributed by atoms with Crippen molar-refractivity contribution >= 4 is 0 Å². The van der Waals surface area contributed by atoms with Gasteiger partial charge in [-0.3, -0.25) is 0 Å². The van der Waals surface area contributed by atoms with E-state index in [9.17, 15) is 0 Å². The van der Waals surface area contributed by atoms with E-state index in [1.54, 1.807) is 0 Å². The summed E-state index contributed by atoms with van der Waals surface area (Å²) in [6.45, 7) is 13.9. The van der Waals surface area contributed by atoms with E-state index in [4.69, 9.17) is 5.73 Å². The summed E-state index contributed by atoms with van der Waals surface area (Å²) in [6.07, 6.45) is 3.93. The summed E-state index contributed by atoms with van der Waals surface area (Å²) in [6, 6.07) is 0.360. The fraction of sp³-hybridized carbons (Fsp3) is 1.00. The molecule has 102 valence electrons. The van der Waals surface area contributed by atoms with Gasteiger partial charge in [0.2, 0.25) is 0 Å². The Morgan fingerprint density at radius 1 is 1.29 bits per heavy atom. The molecular formula is C15H32N2. The number of hydrogen-bond acceptors (Lipinski definition) is 2. The van der Waals surface area contributed by atoms with Gasteiger partial charge in [-0.15, -0.1) is 0 Å². The fourth-order valence-corrected chi connectivity index (χ4v) is 3.28. The Bertz CT molecular complexity index is 240. The molecule has 0 heterocycles. The predicted octanol–water partition coefficient (Wildman–Crippen LogP) is 3.12. The molecule has 2 heteroatoms. The summed E-state index contributed by atoms with van der Waals surface area (Å²) in [5.74, 6) is 0.672. The van der Waals surface area contributed by atoms with Crippen molar-refractivity contribution in [2.75, 3.05) is 20.1 Å². The molecule has 0 aromatic rings. The Morgan fingerprint density at radius 2 is 1.88 bits per heavy atom. The van der Waals surface area contributed by atoms with Crippen molar-refractivity contribution in [1.82, 2.24) is 4.90 Å². The third-order valence-corrected chi connectivity index (χ3v) is 4.10. The van der Waals surface area contributed by atoms with Gasteiger partial charge in [-0.25, -0.2) is 0 Å². The topological polar surface area (TPSA) is 29.3 Å². The lowest BCUT2D eigenvalue weighted by Gasteiger charge is -2.43. The van der Waals surface area contributed by atoms with Crippen LogP contribution in [0.25, 0.3) is 0 Å². The van der Waals surface area contributed by atoms with Gasteiger partial charge in [0.05, 0.1) is 0 Å². The molecule has 0 aliphatic heterocycles. The van der Waals surface area contributed by atoms with Crippen LogP contribution in [0.1, 0.15) is 53.9 Å². The molecule has 0 saturated heterocycles. The highest BCUT2D eigenvalue weighted by molar-refractivity contribution is 4.92. The molecule has 0 bridgehead atoms. The molecule has 0 amide bonds. The van der Waals surface area contributed by atoms with Gasteiger partial charge in [-0.05, 0) is 36.6 Å². The molecule has 2 N–H and O–H groups in total. The van der Waals surface area contributed by atoms with Gasteiger partial charge in [-0.2, -0.15) is 0 Å². The van der Waals surface area contributed by atoms with Gasteiger partial charge in [0.25, 0.3) is 0 Å². The van der Waals surface area contributed by atoms with Gasteiger partial charge < -0.3 is 10.6 Å². The molecule has 0 radical (unpaired) electrons. The van der Waals surface area contributed by atoms with Crippen LogP contribution in [0, 0.1) is 16.7 Å². The maximum Gasteiger partial charge on any atom is 0.0131 e. The van der Waals surface area contributed by atoms with Crippen molar-refractivity contribution < 1.29 is 0 Å². The maximum absolute atomic E-state index is 6.44. The zero-order valence-corrected chi connectivity index (χ0v) is 12.7. The summed E-state index contributed by atoms with van der Waals surface area (Å²) >= 11 is 0. The zero-order chi connectivity index (χ0) is 13.3. The second-order valence-electron chi connectivity index (χ2n) is 7.92. The molecule has 0 aromatic carbocycles. The van der Waals surface area contributed by atoms with E-state index in [0.717, 1.165) is 13.1 Å². The molecule has 1 aliphatic rings. The predicted molar refractivity (Wildman–Crippen MR) is 76.0 cm³/mol. The second kappa shape index (κ2) is 5.27. The summed E-state index contributed by atoms with van der Waals surface area (Å²) in [5.41, 5.74) is 7.15. The largest absolute Gasteiger partial charge is 0.327 e. The highest BCUT2D eigenvalue weighted by atomic mass is 15.1. The zero-order valence-electron chi connectivity index (χ0n) is 12.7. The molecule has 2 nitrogen and oxygen atoms in total. The van der Waals surface area contributed by atoms with Gasteiger partial charge in [0.1, 0.15) is 0 Å². The maximum atomic E-state index is 6.44. The molecule has 2 unspecified atom stereocenters. The quantitative estimate of drug-likeness (QED) is 0.821. The van der Waals surface area contributed by atoms with Crippen LogP contribution in [0.5, 0.6) is 0 Å². The Labute approximate surface area is 108 Å². The summed E-state index contributed by atoms with van der Waals surface area (Å²) in [5, 5.41) is 0. The molecule has 1 aliphatic carbocycles. The smallest absolute Gasteiger partial charge is 0.0131 e. The Hall–Kier alpha value is -0.0800. The van der Waals surface area contributed by atoms with Crippen LogP contribution in [-0.4, -0.2) is 31.1 Å². The van der Waals surface area contributed by atoms with E-state index < -0.39 is 0 Å². The first-order valence-electron chi connectivity index (χ1n) is 7.06. The first-order valence-corrected chi connectivity index (χ1v) is 7.06. The third kappa shape index (κ3) is 4.59. The van der Waals surface area contributed by atoms with E-state index in [-0.39, 0.29) is 0 Å². The van der Waals surface area contributed by atoms with E-state index in [2.05, 4.69) is 46.6 Å². The van der Waals surface area contributed by atoms with Gasteiger partial charge in [-0.1, -0.05) is 41.0 Å². The van der Waals surface area contributed by atoms with E-state index in [1.807, 2.05) is 0 Å². The fourth-order valence-electron chi connectivity index (χ4n) is 3.28. The number of nitrogens with zero attached hydrogens (tertiary/aromatic N) is 1. The Morgan fingerprint density at radius 3 is 2.41 bits per heavy atom. The number of hydrogen-bond donors (Lipinski definition) is 1. The standard InChI is InChI=1S/C15H32N2/c1-14(2,3)11-17(6)10-12-8-7-9-15(4,5)13(12)16/h12-13H,7-11,16H2,1-6H3. The van der Waals surface area contributed by atoms with Crippen LogP contribution in [0.15, 0.2) is 0 Å². The molecule has 1 rings (SSSR count). The normalized spacial score (nSPS) is 29.6. The molecule has 0 spiro atoms. The highest BCUT2D eigenvalue weighted by Crippen LogP contribution is 2.38. The second-order valence-corrected chi connectivity index (χ2v) is 7.92. The molecule has 0 aromatic heterocycles. The lowest BCUT2D eigenvalue weighted by atomic mass is 9.68. The summed E-state index contributed by atoms with van der Waals surface area (Å²) in [4.78, 5) is 2.46. The lowest BCUT2D eigenvalue weighted by Crippen LogP contribution is -2.50. The van der Waals surface area contributed by atoms with Crippen LogP contribution in [-0.2, 0) is 0 Å². The van der Waals surface area contributed by atoms with Crippen molar-refractivity contribution in [3.05, 3.63) is 0 Å². The van der Waals surface area contributed by atoms with Crippen LogP contribution < -0.4 is 5.73 Å². The summed E-state index contributed by atoms with van der Waals surface area (Å²) < 4.78 is 0. The average Bonchev–Trinajstić information content (AvgIpc) is 2.09. The van der Waals surface area contributed by atoms with Crippen LogP contribution in [0.2, 0.25) is 0 Å².